The molecule has 0 bridgehead atoms. The molecule has 1 aliphatic rings. The molecule has 0 aromatic heterocycles. The zero-order valence-electron chi connectivity index (χ0n) is 12.8. The van der Waals surface area contributed by atoms with Crippen molar-refractivity contribution in [3.63, 3.8) is 0 Å². The number of rotatable bonds is 8. The lowest BCUT2D eigenvalue weighted by molar-refractivity contribution is 0.214. The highest BCUT2D eigenvalue weighted by atomic mass is 32.2. The monoisotopic (exact) mass is 289 g/mol. The lowest BCUT2D eigenvalue weighted by Gasteiger charge is -2.34. The first kappa shape index (κ1) is 17.0. The molecule has 0 aromatic carbocycles. The van der Waals surface area contributed by atoms with Gasteiger partial charge in [-0.2, -0.15) is 0 Å². The van der Waals surface area contributed by atoms with Gasteiger partial charge >= 0.3 is 0 Å². The third-order valence-electron chi connectivity index (χ3n) is 4.60. The van der Waals surface area contributed by atoms with Crippen LogP contribution in [0, 0.1) is 11.8 Å². The maximum atomic E-state index is 11.3. The maximum Gasteiger partial charge on any atom is 0.147 e. The van der Waals surface area contributed by atoms with Crippen molar-refractivity contribution < 1.29 is 8.42 Å². The van der Waals surface area contributed by atoms with Gasteiger partial charge in [0.2, 0.25) is 0 Å². The number of unbranched alkanes of at least 4 members (excludes halogenated alkanes) is 1. The quantitative estimate of drug-likeness (QED) is 0.747. The van der Waals surface area contributed by atoms with E-state index in [-0.39, 0.29) is 0 Å². The minimum Gasteiger partial charge on any atom is -0.317 e. The Morgan fingerprint density at radius 3 is 2.32 bits per heavy atom. The minimum absolute atomic E-state index is 0.314. The normalized spacial score (nSPS) is 26.3. The van der Waals surface area contributed by atoms with Crippen LogP contribution in [0.3, 0.4) is 0 Å². The summed E-state index contributed by atoms with van der Waals surface area (Å²) >= 11 is 0. The van der Waals surface area contributed by atoms with E-state index >= 15 is 0 Å². The third-order valence-corrected chi connectivity index (χ3v) is 5.57. The lowest BCUT2D eigenvalue weighted by Crippen LogP contribution is -2.37. The summed E-state index contributed by atoms with van der Waals surface area (Å²) in [4.78, 5) is 0. The van der Waals surface area contributed by atoms with Gasteiger partial charge in [0.25, 0.3) is 0 Å². The molecule has 0 amide bonds. The summed E-state index contributed by atoms with van der Waals surface area (Å²) in [6.45, 7) is 2.26. The van der Waals surface area contributed by atoms with Crippen LogP contribution in [0.4, 0.5) is 0 Å². The maximum absolute atomic E-state index is 11.3. The average molecular weight is 289 g/mol. The first-order chi connectivity index (χ1) is 8.96. The molecule has 1 aliphatic carbocycles. The molecule has 1 unspecified atom stereocenters. The van der Waals surface area contributed by atoms with Gasteiger partial charge in [0, 0.05) is 12.3 Å². The van der Waals surface area contributed by atoms with E-state index in [4.69, 9.17) is 0 Å². The molecule has 0 spiro atoms. The Morgan fingerprint density at radius 2 is 1.84 bits per heavy atom. The van der Waals surface area contributed by atoms with Crippen LogP contribution >= 0.6 is 0 Å². The van der Waals surface area contributed by atoms with Crippen LogP contribution in [0.15, 0.2) is 0 Å². The lowest BCUT2D eigenvalue weighted by atomic mass is 9.76. The van der Waals surface area contributed by atoms with E-state index in [1.807, 2.05) is 7.05 Å². The van der Waals surface area contributed by atoms with Crippen LogP contribution in [0.25, 0.3) is 0 Å². The summed E-state index contributed by atoms with van der Waals surface area (Å²) in [5, 5.41) is 3.34. The number of sulfone groups is 1. The predicted molar refractivity (Wildman–Crippen MR) is 82.1 cm³/mol. The van der Waals surface area contributed by atoms with Gasteiger partial charge in [-0.25, -0.2) is 8.42 Å². The van der Waals surface area contributed by atoms with Crippen molar-refractivity contribution >= 4 is 9.84 Å². The number of nitrogens with one attached hydrogen (secondary N) is 1. The van der Waals surface area contributed by atoms with Gasteiger partial charge in [0.1, 0.15) is 9.84 Å². The third kappa shape index (κ3) is 6.75. The van der Waals surface area contributed by atoms with Crippen molar-refractivity contribution in [2.45, 2.75) is 64.3 Å². The molecule has 1 rings (SSSR count). The van der Waals surface area contributed by atoms with E-state index in [1.54, 1.807) is 0 Å². The highest BCUT2D eigenvalue weighted by Gasteiger charge is 2.26. The molecule has 0 aromatic rings. The average Bonchev–Trinajstić information content (AvgIpc) is 2.37. The molecule has 0 saturated heterocycles. The fourth-order valence-electron chi connectivity index (χ4n) is 3.33. The molecule has 1 fully saturated rings. The van der Waals surface area contributed by atoms with Crippen LogP contribution in [0.5, 0.6) is 0 Å². The van der Waals surface area contributed by atoms with Crippen molar-refractivity contribution in [3.8, 4) is 0 Å². The van der Waals surface area contributed by atoms with E-state index in [1.165, 1.54) is 51.2 Å². The van der Waals surface area contributed by atoms with E-state index in [0.717, 1.165) is 12.3 Å². The molecule has 3 nitrogen and oxygen atoms in total. The fraction of sp³-hybridized carbons (Fsp3) is 1.00. The second kappa shape index (κ2) is 8.25. The molecular weight excluding hydrogens is 258 g/mol. The Morgan fingerprint density at radius 1 is 1.21 bits per heavy atom. The topological polar surface area (TPSA) is 46.2 Å². The number of hydrogen-bond acceptors (Lipinski definition) is 3. The van der Waals surface area contributed by atoms with Gasteiger partial charge in [0.05, 0.1) is 5.75 Å². The molecule has 0 heterocycles. The molecular formula is C15H31NO2S. The molecule has 1 saturated carbocycles. The van der Waals surface area contributed by atoms with Gasteiger partial charge < -0.3 is 5.32 Å². The van der Waals surface area contributed by atoms with Gasteiger partial charge in [-0.15, -0.1) is 0 Å². The molecule has 0 radical (unpaired) electrons. The molecule has 0 aliphatic heterocycles. The summed E-state index contributed by atoms with van der Waals surface area (Å²) in [7, 11) is -0.862. The number of hydrogen-bond donors (Lipinski definition) is 1. The largest absolute Gasteiger partial charge is 0.317 e. The second-order valence-corrected chi connectivity index (χ2v) is 8.50. The van der Waals surface area contributed by atoms with Gasteiger partial charge in [-0.3, -0.25) is 0 Å². The highest BCUT2D eigenvalue weighted by Crippen LogP contribution is 2.34. The minimum atomic E-state index is -2.83. The van der Waals surface area contributed by atoms with Gasteiger partial charge in [-0.05, 0) is 38.1 Å². The summed E-state index contributed by atoms with van der Waals surface area (Å²) in [6.07, 6.45) is 11.3. The summed E-state index contributed by atoms with van der Waals surface area (Å²) in [6, 6.07) is 0.377. The Balaban J connectivity index is 2.35. The Bertz CT molecular complexity index is 332. The fourth-order valence-corrected chi connectivity index (χ4v) is 4.01. The smallest absolute Gasteiger partial charge is 0.147 e. The molecule has 1 N–H and O–H groups in total. The Kier molecular flexibility index (Phi) is 7.37. The molecule has 4 heteroatoms. The van der Waals surface area contributed by atoms with Crippen molar-refractivity contribution in [1.29, 1.82) is 0 Å². The zero-order chi connectivity index (χ0) is 14.3. The molecule has 114 valence electrons. The van der Waals surface area contributed by atoms with E-state index in [2.05, 4.69) is 12.2 Å². The van der Waals surface area contributed by atoms with Crippen LogP contribution < -0.4 is 5.32 Å². The Labute approximate surface area is 119 Å². The first-order valence-electron chi connectivity index (χ1n) is 7.81. The SMILES string of the molecule is CCCCC1CCC(C(CCS(C)(=O)=O)NC)CC1. The van der Waals surface area contributed by atoms with Crippen LogP contribution in [0.2, 0.25) is 0 Å². The Hall–Kier alpha value is -0.0900. The first-order valence-corrected chi connectivity index (χ1v) is 9.87. The van der Waals surface area contributed by atoms with Crippen LogP contribution in [-0.4, -0.2) is 33.5 Å². The summed E-state index contributed by atoms with van der Waals surface area (Å²) < 4.78 is 22.6. The van der Waals surface area contributed by atoms with Crippen molar-refractivity contribution in [2.75, 3.05) is 19.1 Å². The van der Waals surface area contributed by atoms with Crippen LogP contribution in [-0.2, 0) is 9.84 Å². The second-order valence-electron chi connectivity index (χ2n) is 6.24. The van der Waals surface area contributed by atoms with Gasteiger partial charge in [-0.1, -0.05) is 39.0 Å². The standard InChI is InChI=1S/C15H31NO2S/c1-4-5-6-13-7-9-14(10-8-13)15(16-2)11-12-19(3,17)18/h13-16H,4-12H2,1-3H3. The van der Waals surface area contributed by atoms with Crippen molar-refractivity contribution in [1.82, 2.24) is 5.32 Å². The van der Waals surface area contributed by atoms with E-state index in [0.29, 0.717) is 17.7 Å². The molecule has 19 heavy (non-hydrogen) atoms. The summed E-state index contributed by atoms with van der Waals surface area (Å²) in [5.74, 6) is 1.90. The molecule has 1 atom stereocenters. The highest BCUT2D eigenvalue weighted by molar-refractivity contribution is 7.90. The van der Waals surface area contributed by atoms with E-state index < -0.39 is 9.84 Å². The predicted octanol–water partition coefficient (Wildman–Crippen LogP) is 3.01. The van der Waals surface area contributed by atoms with Crippen molar-refractivity contribution in [2.24, 2.45) is 11.8 Å². The summed E-state index contributed by atoms with van der Waals surface area (Å²) in [5.41, 5.74) is 0. The van der Waals surface area contributed by atoms with E-state index in [9.17, 15) is 8.42 Å². The van der Waals surface area contributed by atoms with Crippen molar-refractivity contribution in [3.05, 3.63) is 0 Å². The zero-order valence-corrected chi connectivity index (χ0v) is 13.6. The van der Waals surface area contributed by atoms with Gasteiger partial charge in [0.15, 0.2) is 0 Å². The van der Waals surface area contributed by atoms with Crippen LogP contribution in [0.1, 0.15) is 58.3 Å².